The minimum atomic E-state index is -0.516. The maximum Gasteiger partial charge on any atom is 0.270 e. The number of non-ortho nitro benzene ring substituents is 1. The van der Waals surface area contributed by atoms with E-state index in [0.717, 1.165) is 11.3 Å². The first-order valence-electron chi connectivity index (χ1n) is 13.2. The number of hydrogen-bond acceptors (Lipinski definition) is 8. The Balaban J connectivity index is 1.90. The molecule has 0 fully saturated rings. The number of hydrogen-bond donors (Lipinski definition) is 1. The van der Waals surface area contributed by atoms with Crippen molar-refractivity contribution in [3.63, 3.8) is 0 Å². The highest BCUT2D eigenvalue weighted by Crippen LogP contribution is 2.29. The molecule has 1 heterocycles. The first-order valence-corrected chi connectivity index (χ1v) is 13.2. The van der Waals surface area contributed by atoms with Crippen molar-refractivity contribution in [3.05, 3.63) is 75.9 Å². The maximum absolute atomic E-state index is 14.0. The van der Waals surface area contributed by atoms with Crippen LogP contribution in [0.1, 0.15) is 43.1 Å². The first kappa shape index (κ1) is 30.1. The quantitative estimate of drug-likeness (QED) is 0.297. The number of carbonyl (C=O) groups is 1. The summed E-state index contributed by atoms with van der Waals surface area (Å²) in [7, 11) is 1.61. The second-order valence-corrected chi connectivity index (χ2v) is 9.83. The largest absolute Gasteiger partial charge is 0.497 e. The van der Waals surface area contributed by atoms with Crippen molar-refractivity contribution in [2.45, 2.75) is 52.0 Å². The summed E-state index contributed by atoms with van der Waals surface area (Å²) in [6, 6.07) is 11.3. The summed E-state index contributed by atoms with van der Waals surface area (Å²) >= 11 is 0. The minimum Gasteiger partial charge on any atom is -0.497 e. The Morgan fingerprint density at radius 1 is 1.18 bits per heavy atom. The van der Waals surface area contributed by atoms with Gasteiger partial charge < -0.3 is 29.6 Å². The molecule has 0 aromatic heterocycles. The Kier molecular flexibility index (Phi) is 11.3. The normalized spacial score (nSPS) is 21.4. The fourth-order valence-corrected chi connectivity index (χ4v) is 4.37. The number of amides is 1. The van der Waals surface area contributed by atoms with Gasteiger partial charge in [0.25, 0.3) is 11.6 Å². The molecule has 10 nitrogen and oxygen atoms in total. The van der Waals surface area contributed by atoms with Crippen LogP contribution >= 0.6 is 0 Å². The van der Waals surface area contributed by atoms with E-state index in [0.29, 0.717) is 38.5 Å². The third-order valence-electron chi connectivity index (χ3n) is 6.71. The number of benzene rings is 2. The number of methoxy groups -OCH3 is 1. The van der Waals surface area contributed by atoms with Crippen LogP contribution in [-0.4, -0.2) is 67.4 Å². The zero-order valence-electron chi connectivity index (χ0n) is 23.1. The number of nitro benzene ring substituents is 1. The lowest BCUT2D eigenvalue weighted by molar-refractivity contribution is -0.384. The molecule has 1 aliphatic heterocycles. The SMILES string of the molecule is COc1ccc(COCC(C)N2C[C@@H](C)[C@H](CN)OCC=CCC(C)Oc3ccc([N+](=O)[O-])cc3C2=O)cc1. The van der Waals surface area contributed by atoms with Crippen LogP contribution in [0, 0.1) is 16.0 Å². The van der Waals surface area contributed by atoms with Gasteiger partial charge in [-0.15, -0.1) is 0 Å². The molecule has 0 aliphatic carbocycles. The standard InChI is InChI=1S/C29H39N3O7/c1-20-17-31(21(2)18-37-19-23-8-11-25(36-4)12-9-23)29(33)26-15-24(32(34)35)10-13-27(26)39-22(3)7-5-6-14-38-28(20)16-30/h5-6,8-13,15,20-22,28H,7,14,16-19,30H2,1-4H3/t20-,21?,22?,28+/m1/s1. The van der Waals surface area contributed by atoms with Gasteiger partial charge in [0.2, 0.25) is 0 Å². The Morgan fingerprint density at radius 2 is 1.92 bits per heavy atom. The molecule has 0 spiro atoms. The fourth-order valence-electron chi connectivity index (χ4n) is 4.37. The van der Waals surface area contributed by atoms with Gasteiger partial charge in [0.05, 0.1) is 55.7 Å². The van der Waals surface area contributed by atoms with E-state index in [-0.39, 0.29) is 47.9 Å². The summed E-state index contributed by atoms with van der Waals surface area (Å²) in [4.78, 5) is 26.8. The molecule has 2 aromatic carbocycles. The molecule has 0 saturated carbocycles. The molecule has 4 atom stereocenters. The number of ether oxygens (including phenoxy) is 4. The predicted molar refractivity (Wildman–Crippen MR) is 148 cm³/mol. The van der Waals surface area contributed by atoms with Crippen molar-refractivity contribution in [3.8, 4) is 11.5 Å². The van der Waals surface area contributed by atoms with Gasteiger partial charge in [-0.25, -0.2) is 0 Å². The minimum absolute atomic E-state index is 0.110. The Morgan fingerprint density at radius 3 is 2.59 bits per heavy atom. The van der Waals surface area contributed by atoms with Gasteiger partial charge in [-0.2, -0.15) is 0 Å². The summed E-state index contributed by atoms with van der Waals surface area (Å²) < 4.78 is 23.3. The van der Waals surface area contributed by atoms with Crippen molar-refractivity contribution in [2.75, 3.05) is 33.4 Å². The van der Waals surface area contributed by atoms with Gasteiger partial charge in [0, 0.05) is 37.6 Å². The number of nitrogens with two attached hydrogens (primary N) is 1. The smallest absolute Gasteiger partial charge is 0.270 e. The van der Waals surface area contributed by atoms with E-state index in [1.54, 1.807) is 12.0 Å². The van der Waals surface area contributed by atoms with Gasteiger partial charge in [-0.05, 0) is 37.6 Å². The van der Waals surface area contributed by atoms with E-state index in [4.69, 9.17) is 24.7 Å². The zero-order chi connectivity index (χ0) is 28.4. The first-order chi connectivity index (χ1) is 18.7. The van der Waals surface area contributed by atoms with Crippen LogP contribution < -0.4 is 15.2 Å². The van der Waals surface area contributed by atoms with Crippen LogP contribution in [-0.2, 0) is 16.1 Å². The molecule has 39 heavy (non-hydrogen) atoms. The van der Waals surface area contributed by atoms with E-state index in [9.17, 15) is 14.9 Å². The average Bonchev–Trinajstić information content (AvgIpc) is 2.93. The highest BCUT2D eigenvalue weighted by atomic mass is 16.6. The molecule has 2 aromatic rings. The molecule has 2 N–H and O–H groups in total. The lowest BCUT2D eigenvalue weighted by atomic mass is 10.0. The number of nitro groups is 1. The second-order valence-electron chi connectivity index (χ2n) is 9.83. The van der Waals surface area contributed by atoms with E-state index in [1.807, 2.05) is 57.2 Å². The van der Waals surface area contributed by atoms with E-state index < -0.39 is 4.92 Å². The molecular formula is C29H39N3O7. The van der Waals surface area contributed by atoms with Crippen LogP contribution in [0.2, 0.25) is 0 Å². The number of carbonyl (C=O) groups excluding carboxylic acids is 1. The molecule has 3 rings (SSSR count). The lowest BCUT2D eigenvalue weighted by Crippen LogP contribution is -2.47. The topological polar surface area (TPSA) is 126 Å². The number of nitrogens with zero attached hydrogens (tertiary/aromatic N) is 2. The van der Waals surface area contributed by atoms with Crippen molar-refractivity contribution in [2.24, 2.45) is 11.7 Å². The lowest BCUT2D eigenvalue weighted by Gasteiger charge is -2.34. The van der Waals surface area contributed by atoms with Gasteiger partial charge in [0.1, 0.15) is 11.5 Å². The molecule has 1 amide bonds. The molecule has 10 heteroatoms. The molecule has 212 valence electrons. The van der Waals surface area contributed by atoms with Gasteiger partial charge in [0.15, 0.2) is 0 Å². The molecule has 0 saturated heterocycles. The second kappa shape index (κ2) is 14.6. The van der Waals surface area contributed by atoms with Crippen molar-refractivity contribution < 1.29 is 28.7 Å². The van der Waals surface area contributed by atoms with Crippen molar-refractivity contribution >= 4 is 11.6 Å². The number of rotatable bonds is 8. The Bertz CT molecular complexity index is 1120. The monoisotopic (exact) mass is 541 g/mol. The van der Waals surface area contributed by atoms with Crippen LogP contribution in [0.3, 0.4) is 0 Å². The highest BCUT2D eigenvalue weighted by molar-refractivity contribution is 5.98. The summed E-state index contributed by atoms with van der Waals surface area (Å²) in [5, 5.41) is 11.6. The summed E-state index contributed by atoms with van der Waals surface area (Å²) in [6.07, 6.45) is 3.92. The number of fused-ring (bicyclic) bond motifs is 1. The maximum atomic E-state index is 14.0. The molecule has 1 aliphatic rings. The third kappa shape index (κ3) is 8.51. The average molecular weight is 542 g/mol. The summed E-state index contributed by atoms with van der Waals surface area (Å²) in [5.74, 6) is 0.575. The summed E-state index contributed by atoms with van der Waals surface area (Å²) in [6.45, 7) is 7.37. The van der Waals surface area contributed by atoms with E-state index >= 15 is 0 Å². The van der Waals surface area contributed by atoms with Crippen molar-refractivity contribution in [1.29, 1.82) is 0 Å². The van der Waals surface area contributed by atoms with Crippen molar-refractivity contribution in [1.82, 2.24) is 4.90 Å². The molecule has 0 bridgehead atoms. The van der Waals surface area contributed by atoms with Gasteiger partial charge in [-0.1, -0.05) is 31.2 Å². The van der Waals surface area contributed by atoms with Crippen LogP contribution in [0.4, 0.5) is 5.69 Å². The third-order valence-corrected chi connectivity index (χ3v) is 6.71. The molecule has 0 radical (unpaired) electrons. The van der Waals surface area contributed by atoms with Crippen LogP contribution in [0.15, 0.2) is 54.6 Å². The van der Waals surface area contributed by atoms with E-state index in [2.05, 4.69) is 0 Å². The van der Waals surface area contributed by atoms with E-state index in [1.165, 1.54) is 18.2 Å². The molecular weight excluding hydrogens is 502 g/mol. The predicted octanol–water partition coefficient (Wildman–Crippen LogP) is 4.36. The van der Waals surface area contributed by atoms with Gasteiger partial charge in [-0.3, -0.25) is 14.9 Å². The Labute approximate surface area is 229 Å². The summed E-state index contributed by atoms with van der Waals surface area (Å²) in [5.41, 5.74) is 6.95. The van der Waals surface area contributed by atoms with Crippen LogP contribution in [0.5, 0.6) is 11.5 Å². The highest BCUT2D eigenvalue weighted by Gasteiger charge is 2.30. The van der Waals surface area contributed by atoms with Gasteiger partial charge >= 0.3 is 0 Å². The zero-order valence-corrected chi connectivity index (χ0v) is 23.1. The molecule has 2 unspecified atom stereocenters. The Hall–Kier alpha value is -3.47. The fraction of sp³-hybridized carbons (Fsp3) is 0.483. The van der Waals surface area contributed by atoms with Crippen LogP contribution in [0.25, 0.3) is 0 Å².